The zero-order valence-electron chi connectivity index (χ0n) is 18.7. The maximum Gasteiger partial charge on any atom is 0.267 e. The lowest BCUT2D eigenvalue weighted by Gasteiger charge is -2.15. The Morgan fingerprint density at radius 3 is 1.43 bits per heavy atom. The first kappa shape index (κ1) is 27.9. The molecule has 2 unspecified atom stereocenters. The second-order valence-corrected chi connectivity index (χ2v) is 10.2. The Kier molecular flexibility index (Phi) is 18.8. The average Bonchev–Trinajstić information content (AvgIpc) is 2.64. The summed E-state index contributed by atoms with van der Waals surface area (Å²) in [5.74, 6) is 0. The Labute approximate surface area is 175 Å². The van der Waals surface area contributed by atoms with E-state index in [-0.39, 0.29) is 6.10 Å². The van der Waals surface area contributed by atoms with Crippen molar-refractivity contribution in [3.05, 3.63) is 0 Å². The summed E-state index contributed by atoms with van der Waals surface area (Å²) in [7, 11) is -3.96. The molecule has 28 heavy (non-hydrogen) atoms. The first-order valence-electron chi connectivity index (χ1n) is 12.1. The Balaban J connectivity index is 3.61. The van der Waals surface area contributed by atoms with Crippen LogP contribution in [0, 0.1) is 0 Å². The van der Waals surface area contributed by atoms with Gasteiger partial charge < -0.3 is 5.11 Å². The summed E-state index contributed by atoms with van der Waals surface area (Å²) in [6.07, 6.45) is 19.9. The number of aliphatic hydroxyl groups is 1. The molecule has 170 valence electrons. The van der Waals surface area contributed by atoms with E-state index >= 15 is 0 Å². The van der Waals surface area contributed by atoms with Crippen molar-refractivity contribution in [1.82, 2.24) is 0 Å². The van der Waals surface area contributed by atoms with Gasteiger partial charge in [-0.2, -0.15) is 8.42 Å². The van der Waals surface area contributed by atoms with Crippen LogP contribution in [0.3, 0.4) is 0 Å². The van der Waals surface area contributed by atoms with Crippen molar-refractivity contribution in [2.24, 2.45) is 0 Å². The van der Waals surface area contributed by atoms with Crippen molar-refractivity contribution in [2.45, 2.75) is 147 Å². The van der Waals surface area contributed by atoms with Gasteiger partial charge in [0.1, 0.15) is 0 Å². The molecule has 0 radical (unpaired) electrons. The highest BCUT2D eigenvalue weighted by molar-refractivity contribution is 7.86. The quantitative estimate of drug-likeness (QED) is 0.154. The van der Waals surface area contributed by atoms with Gasteiger partial charge in [0.05, 0.1) is 11.4 Å². The molecule has 5 heteroatoms. The SMILES string of the molecule is CCCCCCCCCCCCCC(O)CCCC(CCCCC)S(=O)(=O)O. The minimum absolute atomic E-state index is 0.337. The van der Waals surface area contributed by atoms with E-state index in [1.807, 2.05) is 0 Å². The van der Waals surface area contributed by atoms with Gasteiger partial charge in [0.25, 0.3) is 10.1 Å². The first-order chi connectivity index (χ1) is 13.4. The highest BCUT2D eigenvalue weighted by atomic mass is 32.2. The number of unbranched alkanes of at least 4 members (excludes halogenated alkanes) is 12. The average molecular weight is 421 g/mol. The van der Waals surface area contributed by atoms with Gasteiger partial charge in [-0.1, -0.05) is 104 Å². The Morgan fingerprint density at radius 2 is 0.929 bits per heavy atom. The van der Waals surface area contributed by atoms with Crippen LogP contribution in [0.2, 0.25) is 0 Å². The van der Waals surface area contributed by atoms with E-state index < -0.39 is 15.4 Å². The molecular formula is C23H48O4S. The van der Waals surface area contributed by atoms with E-state index in [0.717, 1.165) is 32.1 Å². The van der Waals surface area contributed by atoms with Crippen molar-refractivity contribution >= 4 is 10.1 Å². The van der Waals surface area contributed by atoms with Crippen molar-refractivity contribution in [3.8, 4) is 0 Å². The fourth-order valence-electron chi connectivity index (χ4n) is 3.83. The second kappa shape index (κ2) is 18.9. The number of rotatable bonds is 21. The Morgan fingerprint density at radius 1 is 0.571 bits per heavy atom. The van der Waals surface area contributed by atoms with E-state index in [1.165, 1.54) is 64.2 Å². The summed E-state index contributed by atoms with van der Waals surface area (Å²) < 4.78 is 32.3. The summed E-state index contributed by atoms with van der Waals surface area (Å²) >= 11 is 0. The molecule has 0 spiro atoms. The molecule has 0 fully saturated rings. The van der Waals surface area contributed by atoms with Crippen molar-refractivity contribution < 1.29 is 18.1 Å². The van der Waals surface area contributed by atoms with Crippen LogP contribution in [0.4, 0.5) is 0 Å². The van der Waals surface area contributed by atoms with Gasteiger partial charge in [-0.3, -0.25) is 4.55 Å². The highest BCUT2D eigenvalue weighted by Gasteiger charge is 2.22. The Hall–Kier alpha value is -0.130. The third-order valence-corrected chi connectivity index (χ3v) is 7.07. The molecule has 0 aliphatic rings. The Bertz CT molecular complexity index is 422. The maximum atomic E-state index is 11.5. The standard InChI is InChI=1S/C23H48O4S/c1-3-5-7-8-9-10-11-12-13-14-16-18-22(24)19-17-21-23(28(25,26)27)20-15-6-4-2/h22-24H,3-21H2,1-2H3,(H,25,26,27). The predicted molar refractivity (Wildman–Crippen MR) is 120 cm³/mol. The zero-order chi connectivity index (χ0) is 21.1. The molecule has 0 aliphatic heterocycles. The minimum Gasteiger partial charge on any atom is -0.393 e. The molecule has 0 bridgehead atoms. The van der Waals surface area contributed by atoms with Gasteiger partial charge in [-0.25, -0.2) is 0 Å². The topological polar surface area (TPSA) is 74.6 Å². The second-order valence-electron chi connectivity index (χ2n) is 8.54. The third-order valence-electron chi connectivity index (χ3n) is 5.76. The lowest BCUT2D eigenvalue weighted by Crippen LogP contribution is -2.21. The summed E-state index contributed by atoms with van der Waals surface area (Å²) in [5, 5.41) is 9.45. The molecule has 0 aromatic rings. The maximum absolute atomic E-state index is 11.5. The lowest BCUT2D eigenvalue weighted by atomic mass is 10.0. The van der Waals surface area contributed by atoms with Gasteiger partial charge >= 0.3 is 0 Å². The molecular weight excluding hydrogens is 372 g/mol. The van der Waals surface area contributed by atoms with Gasteiger partial charge in [-0.15, -0.1) is 0 Å². The molecule has 4 nitrogen and oxygen atoms in total. The third kappa shape index (κ3) is 17.9. The lowest BCUT2D eigenvalue weighted by molar-refractivity contribution is 0.147. The molecule has 0 rings (SSSR count). The zero-order valence-corrected chi connectivity index (χ0v) is 19.5. The predicted octanol–water partition coefficient (Wildman–Crippen LogP) is 7.06. The summed E-state index contributed by atoms with van der Waals surface area (Å²) in [4.78, 5) is 0. The number of hydrogen-bond donors (Lipinski definition) is 2. The van der Waals surface area contributed by atoms with Crippen LogP contribution in [-0.4, -0.2) is 29.4 Å². The van der Waals surface area contributed by atoms with E-state index in [9.17, 15) is 18.1 Å². The minimum atomic E-state index is -3.96. The molecule has 2 atom stereocenters. The highest BCUT2D eigenvalue weighted by Crippen LogP contribution is 2.19. The summed E-state index contributed by atoms with van der Waals surface area (Å²) in [6.45, 7) is 4.33. The monoisotopic (exact) mass is 420 g/mol. The van der Waals surface area contributed by atoms with Crippen LogP contribution in [0.1, 0.15) is 136 Å². The summed E-state index contributed by atoms with van der Waals surface area (Å²) in [5.41, 5.74) is 0. The van der Waals surface area contributed by atoms with E-state index in [2.05, 4.69) is 13.8 Å². The number of aliphatic hydroxyl groups excluding tert-OH is 1. The van der Waals surface area contributed by atoms with E-state index in [4.69, 9.17) is 0 Å². The van der Waals surface area contributed by atoms with Gasteiger partial charge in [-0.05, 0) is 32.1 Å². The van der Waals surface area contributed by atoms with Crippen LogP contribution in [0.15, 0.2) is 0 Å². The van der Waals surface area contributed by atoms with Crippen molar-refractivity contribution in [2.75, 3.05) is 0 Å². The van der Waals surface area contributed by atoms with Crippen LogP contribution in [0.25, 0.3) is 0 Å². The van der Waals surface area contributed by atoms with Crippen LogP contribution in [-0.2, 0) is 10.1 Å². The smallest absolute Gasteiger partial charge is 0.267 e. The number of hydrogen-bond acceptors (Lipinski definition) is 3. The van der Waals surface area contributed by atoms with Crippen molar-refractivity contribution in [3.63, 3.8) is 0 Å². The van der Waals surface area contributed by atoms with Crippen LogP contribution in [0.5, 0.6) is 0 Å². The molecule has 0 saturated heterocycles. The normalized spacial score (nSPS) is 14.3. The van der Waals surface area contributed by atoms with Gasteiger partial charge in [0.2, 0.25) is 0 Å². The fraction of sp³-hybridized carbons (Fsp3) is 1.00. The molecule has 0 aliphatic carbocycles. The fourth-order valence-corrected chi connectivity index (χ4v) is 4.76. The first-order valence-corrected chi connectivity index (χ1v) is 13.6. The van der Waals surface area contributed by atoms with Gasteiger partial charge in [0.15, 0.2) is 0 Å². The van der Waals surface area contributed by atoms with Crippen molar-refractivity contribution in [1.29, 1.82) is 0 Å². The largest absolute Gasteiger partial charge is 0.393 e. The molecule has 0 aromatic carbocycles. The molecule has 2 N–H and O–H groups in total. The van der Waals surface area contributed by atoms with Crippen LogP contribution < -0.4 is 0 Å². The van der Waals surface area contributed by atoms with Crippen LogP contribution >= 0.6 is 0 Å². The molecule has 0 aromatic heterocycles. The van der Waals surface area contributed by atoms with E-state index in [0.29, 0.717) is 25.7 Å². The van der Waals surface area contributed by atoms with Gasteiger partial charge in [0, 0.05) is 0 Å². The van der Waals surface area contributed by atoms with E-state index in [1.54, 1.807) is 0 Å². The molecule has 0 saturated carbocycles. The molecule has 0 heterocycles. The summed E-state index contributed by atoms with van der Waals surface area (Å²) in [6, 6.07) is 0. The molecule has 0 amide bonds.